The number of carbonyl (C=O) groups excluding carboxylic acids is 1. The molecule has 1 aliphatic rings. The van der Waals surface area contributed by atoms with Gasteiger partial charge in [-0.3, -0.25) is 4.79 Å². The number of piperidine rings is 1. The van der Waals surface area contributed by atoms with Crippen LogP contribution in [0.25, 0.3) is 11.0 Å². The maximum Gasteiger partial charge on any atom is 0.162 e. The number of aromatic nitrogens is 2. The Morgan fingerprint density at radius 3 is 2.48 bits per heavy atom. The average molecular weight is 283 g/mol. The van der Waals surface area contributed by atoms with Crippen molar-refractivity contribution in [3.63, 3.8) is 0 Å². The Kier molecular flexibility index (Phi) is 3.62. The lowest BCUT2D eigenvalue weighted by Gasteiger charge is -2.28. The highest BCUT2D eigenvalue weighted by molar-refractivity contribution is 6.05. The fraction of sp³-hybridized carbons (Fsp3) is 0.471. The third-order valence-corrected chi connectivity index (χ3v) is 4.10. The molecular weight excluding hydrogens is 262 g/mol. The van der Waals surface area contributed by atoms with Crippen LogP contribution in [0.1, 0.15) is 47.8 Å². The topological polar surface area (TPSA) is 46.1 Å². The minimum atomic E-state index is 0.0476. The molecule has 1 aromatic carbocycles. The van der Waals surface area contributed by atoms with Crippen LogP contribution in [0.2, 0.25) is 0 Å². The van der Waals surface area contributed by atoms with Gasteiger partial charge in [-0.05, 0) is 57.7 Å². The van der Waals surface area contributed by atoms with Crippen LogP contribution in [0.4, 0.5) is 5.82 Å². The van der Waals surface area contributed by atoms with Gasteiger partial charge < -0.3 is 4.90 Å². The van der Waals surface area contributed by atoms with Crippen LogP contribution in [-0.2, 0) is 0 Å². The molecular formula is C17H21N3O. The molecule has 1 aromatic heterocycles. The number of hydrogen-bond acceptors (Lipinski definition) is 4. The number of anilines is 1. The number of ketones is 1. The molecule has 0 saturated carbocycles. The SMILES string of the molecule is CC(=O)c1cc(C)cc2nc(C)c(N3CCCCC3)nc12. The van der Waals surface area contributed by atoms with Gasteiger partial charge in [0.05, 0.1) is 11.2 Å². The summed E-state index contributed by atoms with van der Waals surface area (Å²) in [7, 11) is 0. The second-order valence-corrected chi connectivity index (χ2v) is 5.92. The molecule has 0 atom stereocenters. The number of aryl methyl sites for hydroxylation is 2. The normalized spacial score (nSPS) is 15.5. The molecule has 0 aliphatic carbocycles. The number of nitrogens with zero attached hydrogens (tertiary/aromatic N) is 3. The zero-order valence-electron chi connectivity index (χ0n) is 12.9. The van der Waals surface area contributed by atoms with E-state index in [-0.39, 0.29) is 5.78 Å². The first-order chi connectivity index (χ1) is 10.1. The van der Waals surface area contributed by atoms with E-state index in [0.717, 1.165) is 41.2 Å². The summed E-state index contributed by atoms with van der Waals surface area (Å²) in [6.07, 6.45) is 3.69. The summed E-state index contributed by atoms with van der Waals surface area (Å²) in [6, 6.07) is 3.91. The van der Waals surface area contributed by atoms with Gasteiger partial charge >= 0.3 is 0 Å². The van der Waals surface area contributed by atoms with E-state index < -0.39 is 0 Å². The van der Waals surface area contributed by atoms with Crippen LogP contribution < -0.4 is 4.90 Å². The van der Waals surface area contributed by atoms with E-state index in [2.05, 4.69) is 4.90 Å². The zero-order valence-corrected chi connectivity index (χ0v) is 12.9. The predicted octanol–water partition coefficient (Wildman–Crippen LogP) is 3.44. The molecule has 110 valence electrons. The molecule has 1 aliphatic heterocycles. The van der Waals surface area contributed by atoms with Crippen LogP contribution in [0.5, 0.6) is 0 Å². The van der Waals surface area contributed by atoms with Crippen LogP contribution in [0.3, 0.4) is 0 Å². The lowest BCUT2D eigenvalue weighted by molar-refractivity contribution is 0.101. The first-order valence-corrected chi connectivity index (χ1v) is 7.61. The molecule has 4 nitrogen and oxygen atoms in total. The average Bonchev–Trinajstić information content (AvgIpc) is 2.46. The van der Waals surface area contributed by atoms with Crippen molar-refractivity contribution in [3.05, 3.63) is 29.0 Å². The molecule has 1 saturated heterocycles. The Morgan fingerprint density at radius 1 is 1.10 bits per heavy atom. The van der Waals surface area contributed by atoms with Crippen molar-refractivity contribution in [2.24, 2.45) is 0 Å². The van der Waals surface area contributed by atoms with Crippen LogP contribution in [0.15, 0.2) is 12.1 Å². The van der Waals surface area contributed by atoms with E-state index in [9.17, 15) is 4.79 Å². The summed E-state index contributed by atoms with van der Waals surface area (Å²) in [5, 5.41) is 0. The van der Waals surface area contributed by atoms with E-state index in [1.54, 1.807) is 6.92 Å². The second-order valence-electron chi connectivity index (χ2n) is 5.92. The van der Waals surface area contributed by atoms with Crippen molar-refractivity contribution in [2.45, 2.75) is 40.0 Å². The Labute approximate surface area is 125 Å². The summed E-state index contributed by atoms with van der Waals surface area (Å²) < 4.78 is 0. The van der Waals surface area contributed by atoms with Crippen molar-refractivity contribution in [2.75, 3.05) is 18.0 Å². The van der Waals surface area contributed by atoms with Gasteiger partial charge in [0.15, 0.2) is 11.6 Å². The molecule has 0 amide bonds. The minimum absolute atomic E-state index is 0.0476. The van der Waals surface area contributed by atoms with Crippen LogP contribution in [-0.4, -0.2) is 28.8 Å². The van der Waals surface area contributed by atoms with Gasteiger partial charge in [-0.25, -0.2) is 9.97 Å². The molecule has 2 heterocycles. The van der Waals surface area contributed by atoms with Crippen LogP contribution in [0, 0.1) is 13.8 Å². The van der Waals surface area contributed by atoms with Gasteiger partial charge in [0, 0.05) is 18.7 Å². The molecule has 0 unspecified atom stereocenters. The number of hydrogen-bond donors (Lipinski definition) is 0. The molecule has 3 rings (SSSR count). The monoisotopic (exact) mass is 283 g/mol. The summed E-state index contributed by atoms with van der Waals surface area (Å²) in [6.45, 7) is 7.65. The molecule has 2 aromatic rings. The van der Waals surface area contributed by atoms with E-state index in [4.69, 9.17) is 9.97 Å². The Hall–Kier alpha value is -1.97. The standard InChI is InChI=1S/C17H21N3O/c1-11-9-14(13(3)21)16-15(10-11)18-12(2)17(19-16)20-7-5-4-6-8-20/h9-10H,4-8H2,1-3H3. The van der Waals surface area contributed by atoms with E-state index in [1.807, 2.05) is 26.0 Å². The van der Waals surface area contributed by atoms with Crippen molar-refractivity contribution >= 4 is 22.6 Å². The maximum absolute atomic E-state index is 11.9. The van der Waals surface area contributed by atoms with Gasteiger partial charge in [0.1, 0.15) is 5.52 Å². The molecule has 21 heavy (non-hydrogen) atoms. The van der Waals surface area contributed by atoms with Crippen molar-refractivity contribution in [3.8, 4) is 0 Å². The summed E-state index contributed by atoms with van der Waals surface area (Å²) >= 11 is 0. The number of benzene rings is 1. The molecule has 0 radical (unpaired) electrons. The van der Waals surface area contributed by atoms with E-state index >= 15 is 0 Å². The molecule has 4 heteroatoms. The quantitative estimate of drug-likeness (QED) is 0.792. The van der Waals surface area contributed by atoms with Gasteiger partial charge in [-0.1, -0.05) is 0 Å². The molecule has 1 fully saturated rings. The number of Topliss-reactive ketones (excluding diaryl/α,β-unsaturated/α-hetero) is 1. The molecule has 0 spiro atoms. The Morgan fingerprint density at radius 2 is 1.81 bits per heavy atom. The van der Waals surface area contributed by atoms with Crippen molar-refractivity contribution < 1.29 is 4.79 Å². The largest absolute Gasteiger partial charge is 0.355 e. The van der Waals surface area contributed by atoms with Gasteiger partial charge in [0.2, 0.25) is 0 Å². The smallest absolute Gasteiger partial charge is 0.162 e. The Balaban J connectivity index is 2.18. The lowest BCUT2D eigenvalue weighted by atomic mass is 10.1. The molecule has 0 N–H and O–H groups in total. The third kappa shape index (κ3) is 2.62. The summed E-state index contributed by atoms with van der Waals surface area (Å²) in [5.41, 5.74) is 4.23. The van der Waals surface area contributed by atoms with Crippen LogP contribution >= 0.6 is 0 Å². The van der Waals surface area contributed by atoms with Crippen molar-refractivity contribution in [1.29, 1.82) is 0 Å². The van der Waals surface area contributed by atoms with Gasteiger partial charge in [-0.15, -0.1) is 0 Å². The third-order valence-electron chi connectivity index (χ3n) is 4.10. The highest BCUT2D eigenvalue weighted by Crippen LogP contribution is 2.26. The zero-order chi connectivity index (χ0) is 15.0. The van der Waals surface area contributed by atoms with E-state index in [1.165, 1.54) is 19.3 Å². The minimum Gasteiger partial charge on any atom is -0.355 e. The first kappa shape index (κ1) is 14.0. The summed E-state index contributed by atoms with van der Waals surface area (Å²) in [5.74, 6) is 0.986. The molecule has 0 bridgehead atoms. The Bertz CT molecular complexity index is 703. The highest BCUT2D eigenvalue weighted by Gasteiger charge is 2.18. The summed E-state index contributed by atoms with van der Waals surface area (Å²) in [4.78, 5) is 23.7. The van der Waals surface area contributed by atoms with E-state index in [0.29, 0.717) is 5.56 Å². The number of rotatable bonds is 2. The lowest BCUT2D eigenvalue weighted by Crippen LogP contribution is -2.31. The fourth-order valence-corrected chi connectivity index (χ4v) is 3.05. The first-order valence-electron chi connectivity index (χ1n) is 7.61. The fourth-order valence-electron chi connectivity index (χ4n) is 3.05. The maximum atomic E-state index is 11.9. The van der Waals surface area contributed by atoms with Gasteiger partial charge in [0.25, 0.3) is 0 Å². The number of carbonyl (C=O) groups is 1. The van der Waals surface area contributed by atoms with Crippen molar-refractivity contribution in [1.82, 2.24) is 9.97 Å². The van der Waals surface area contributed by atoms with Gasteiger partial charge in [-0.2, -0.15) is 0 Å². The predicted molar refractivity (Wildman–Crippen MR) is 85.1 cm³/mol. The number of fused-ring (bicyclic) bond motifs is 1. The highest BCUT2D eigenvalue weighted by atomic mass is 16.1. The second kappa shape index (κ2) is 5.43.